The Hall–Kier alpha value is -0.770. The van der Waals surface area contributed by atoms with Gasteiger partial charge in [-0.2, -0.15) is 0 Å². The molecule has 2 unspecified atom stereocenters. The summed E-state index contributed by atoms with van der Waals surface area (Å²) in [7, 11) is 0. The van der Waals surface area contributed by atoms with Crippen LogP contribution in [0.3, 0.4) is 0 Å². The minimum absolute atomic E-state index is 0.0875. The number of halogens is 2. The fourth-order valence-corrected chi connectivity index (χ4v) is 3.68. The second kappa shape index (κ2) is 8.19. The van der Waals surface area contributed by atoms with Crippen molar-refractivity contribution in [3.8, 4) is 0 Å². The molecule has 3 nitrogen and oxygen atoms in total. The van der Waals surface area contributed by atoms with E-state index in [2.05, 4.69) is 17.6 Å². The molecule has 122 valence electrons. The Morgan fingerprint density at radius 1 is 1.32 bits per heavy atom. The minimum Gasteiger partial charge on any atom is -0.350 e. The van der Waals surface area contributed by atoms with E-state index < -0.39 is 0 Å². The first-order chi connectivity index (χ1) is 10.5. The van der Waals surface area contributed by atoms with Gasteiger partial charge in [0.1, 0.15) is 0 Å². The number of piperidine rings is 1. The monoisotopic (exact) mass is 342 g/mol. The van der Waals surface area contributed by atoms with Gasteiger partial charge in [-0.1, -0.05) is 36.2 Å². The molecule has 0 bridgehead atoms. The number of rotatable bonds is 5. The van der Waals surface area contributed by atoms with Crippen molar-refractivity contribution in [3.05, 3.63) is 33.8 Å². The van der Waals surface area contributed by atoms with Crippen LogP contribution in [0, 0.1) is 11.8 Å². The maximum absolute atomic E-state index is 12.3. The van der Waals surface area contributed by atoms with E-state index in [1.807, 2.05) is 13.0 Å². The van der Waals surface area contributed by atoms with Gasteiger partial charge in [-0.3, -0.25) is 4.79 Å². The van der Waals surface area contributed by atoms with Crippen molar-refractivity contribution in [3.63, 3.8) is 0 Å². The molecule has 0 spiro atoms. The summed E-state index contributed by atoms with van der Waals surface area (Å²) in [6.07, 6.45) is 2.89. The fraction of sp³-hybridized carbons (Fsp3) is 0.588. The fourth-order valence-electron chi connectivity index (χ4n) is 3.10. The van der Waals surface area contributed by atoms with Crippen LogP contribution in [0.1, 0.15) is 44.7 Å². The van der Waals surface area contributed by atoms with Crippen LogP contribution in [-0.4, -0.2) is 19.0 Å². The Morgan fingerprint density at radius 2 is 2.00 bits per heavy atom. The molecule has 1 fully saturated rings. The SMILES string of the molecule is CC(NC(=O)CC(C)C1CCNCC1)c1ccc(Cl)cc1Cl. The highest BCUT2D eigenvalue weighted by Crippen LogP contribution is 2.27. The molecular formula is C17H24Cl2N2O. The Morgan fingerprint density at radius 3 is 2.64 bits per heavy atom. The number of nitrogens with one attached hydrogen (secondary N) is 2. The molecular weight excluding hydrogens is 319 g/mol. The molecule has 0 radical (unpaired) electrons. The second-order valence-corrected chi connectivity index (χ2v) is 7.07. The molecule has 1 aromatic rings. The third-order valence-electron chi connectivity index (χ3n) is 4.50. The number of amides is 1. The zero-order valence-electron chi connectivity index (χ0n) is 13.2. The van der Waals surface area contributed by atoms with Gasteiger partial charge in [0.25, 0.3) is 0 Å². The quantitative estimate of drug-likeness (QED) is 0.841. The highest BCUT2D eigenvalue weighted by molar-refractivity contribution is 6.35. The van der Waals surface area contributed by atoms with Crippen LogP contribution in [0.5, 0.6) is 0 Å². The van der Waals surface area contributed by atoms with Crippen molar-refractivity contribution in [2.75, 3.05) is 13.1 Å². The Kier molecular flexibility index (Phi) is 6.54. The number of hydrogen-bond donors (Lipinski definition) is 2. The van der Waals surface area contributed by atoms with Crippen molar-refractivity contribution in [1.82, 2.24) is 10.6 Å². The summed E-state index contributed by atoms with van der Waals surface area (Å²) >= 11 is 12.1. The largest absolute Gasteiger partial charge is 0.350 e. The lowest BCUT2D eigenvalue weighted by Crippen LogP contribution is -2.34. The molecule has 0 aliphatic carbocycles. The molecule has 22 heavy (non-hydrogen) atoms. The molecule has 1 aliphatic heterocycles. The molecule has 2 rings (SSSR count). The highest BCUT2D eigenvalue weighted by Gasteiger charge is 2.23. The molecule has 1 aliphatic rings. The molecule has 2 N–H and O–H groups in total. The van der Waals surface area contributed by atoms with Crippen LogP contribution >= 0.6 is 23.2 Å². The molecule has 1 saturated heterocycles. The number of hydrogen-bond acceptors (Lipinski definition) is 2. The first-order valence-electron chi connectivity index (χ1n) is 7.92. The van der Waals surface area contributed by atoms with Crippen LogP contribution in [0.15, 0.2) is 18.2 Å². The average Bonchev–Trinajstić information content (AvgIpc) is 2.47. The highest BCUT2D eigenvalue weighted by atomic mass is 35.5. The standard InChI is InChI=1S/C17H24Cl2N2O/c1-11(13-5-7-20-8-6-13)9-17(22)21-12(2)15-4-3-14(18)10-16(15)19/h3-4,10-13,20H,5-9H2,1-2H3,(H,21,22). The average molecular weight is 343 g/mol. The Labute approximate surface area is 142 Å². The van der Waals surface area contributed by atoms with E-state index in [1.54, 1.807) is 12.1 Å². The smallest absolute Gasteiger partial charge is 0.220 e. The van der Waals surface area contributed by atoms with E-state index in [1.165, 1.54) is 0 Å². The first-order valence-corrected chi connectivity index (χ1v) is 8.68. The lowest BCUT2D eigenvalue weighted by molar-refractivity contribution is -0.123. The Bertz CT molecular complexity index is 515. The summed E-state index contributed by atoms with van der Waals surface area (Å²) in [5.41, 5.74) is 0.897. The van der Waals surface area contributed by atoms with Gasteiger partial charge >= 0.3 is 0 Å². The van der Waals surface area contributed by atoms with Gasteiger partial charge in [-0.25, -0.2) is 0 Å². The third-order valence-corrected chi connectivity index (χ3v) is 5.06. The summed E-state index contributed by atoms with van der Waals surface area (Å²) in [6, 6.07) is 5.26. The van der Waals surface area contributed by atoms with E-state index in [9.17, 15) is 4.79 Å². The first kappa shape index (κ1) is 17.6. The van der Waals surface area contributed by atoms with Gasteiger partial charge in [-0.15, -0.1) is 0 Å². The lowest BCUT2D eigenvalue weighted by Gasteiger charge is -2.28. The second-order valence-electron chi connectivity index (χ2n) is 6.22. The molecule has 1 aromatic carbocycles. The van der Waals surface area contributed by atoms with Gasteiger partial charge in [0, 0.05) is 16.5 Å². The summed E-state index contributed by atoms with van der Waals surface area (Å²) in [5.74, 6) is 1.14. The molecule has 0 aromatic heterocycles. The lowest BCUT2D eigenvalue weighted by atomic mass is 9.84. The van der Waals surface area contributed by atoms with Gasteiger partial charge in [0.15, 0.2) is 0 Å². The van der Waals surface area contributed by atoms with E-state index in [4.69, 9.17) is 23.2 Å². The number of benzene rings is 1. The summed E-state index contributed by atoms with van der Waals surface area (Å²) in [6.45, 7) is 6.25. The molecule has 2 atom stereocenters. The summed E-state index contributed by atoms with van der Waals surface area (Å²) in [4.78, 5) is 12.3. The van der Waals surface area contributed by atoms with Crippen molar-refractivity contribution < 1.29 is 4.79 Å². The predicted molar refractivity (Wildman–Crippen MR) is 92.4 cm³/mol. The summed E-state index contributed by atoms with van der Waals surface area (Å²) in [5, 5.41) is 7.60. The van der Waals surface area contributed by atoms with Crippen molar-refractivity contribution in [1.29, 1.82) is 0 Å². The minimum atomic E-state index is -0.113. The normalized spacial score (nSPS) is 18.7. The van der Waals surface area contributed by atoms with Crippen molar-refractivity contribution in [2.45, 2.75) is 39.2 Å². The number of carbonyl (C=O) groups excluding carboxylic acids is 1. The summed E-state index contributed by atoms with van der Waals surface area (Å²) < 4.78 is 0. The number of carbonyl (C=O) groups is 1. The predicted octanol–water partition coefficient (Wildman–Crippen LogP) is 4.20. The van der Waals surface area contributed by atoms with Crippen LogP contribution < -0.4 is 10.6 Å². The van der Waals surface area contributed by atoms with Crippen molar-refractivity contribution >= 4 is 29.1 Å². The maximum atomic E-state index is 12.3. The van der Waals surface area contributed by atoms with E-state index in [0.29, 0.717) is 28.3 Å². The zero-order valence-corrected chi connectivity index (χ0v) is 14.7. The maximum Gasteiger partial charge on any atom is 0.220 e. The van der Waals surface area contributed by atoms with E-state index >= 15 is 0 Å². The topological polar surface area (TPSA) is 41.1 Å². The van der Waals surface area contributed by atoms with Crippen LogP contribution in [0.2, 0.25) is 10.0 Å². The van der Waals surface area contributed by atoms with Crippen molar-refractivity contribution in [2.24, 2.45) is 11.8 Å². The van der Waals surface area contributed by atoms with Crippen LogP contribution in [0.4, 0.5) is 0 Å². The molecule has 1 heterocycles. The van der Waals surface area contributed by atoms with Crippen LogP contribution in [0.25, 0.3) is 0 Å². The van der Waals surface area contributed by atoms with Gasteiger partial charge in [0.05, 0.1) is 6.04 Å². The van der Waals surface area contributed by atoms with E-state index in [-0.39, 0.29) is 11.9 Å². The zero-order chi connectivity index (χ0) is 16.1. The molecule has 0 saturated carbocycles. The molecule has 1 amide bonds. The van der Waals surface area contributed by atoms with Crippen LogP contribution in [-0.2, 0) is 4.79 Å². The van der Waals surface area contributed by atoms with Gasteiger partial charge in [0.2, 0.25) is 5.91 Å². The van der Waals surface area contributed by atoms with Gasteiger partial charge in [-0.05, 0) is 62.4 Å². The molecule has 5 heteroatoms. The van der Waals surface area contributed by atoms with E-state index in [0.717, 1.165) is 31.5 Å². The Balaban J connectivity index is 1.87. The van der Waals surface area contributed by atoms with Gasteiger partial charge < -0.3 is 10.6 Å². The third kappa shape index (κ3) is 4.87.